The van der Waals surface area contributed by atoms with Crippen LogP contribution < -0.4 is 30.9 Å². The van der Waals surface area contributed by atoms with Gasteiger partial charge < -0.3 is 29.4 Å². The van der Waals surface area contributed by atoms with Gasteiger partial charge in [0.2, 0.25) is 0 Å². The molecule has 4 N–H and O–H groups in total. The average Bonchev–Trinajstić information content (AvgIpc) is 4.18. The normalized spacial score (nSPS) is 12.5. The molecule has 1 aromatic carbocycles. The molecule has 0 radical (unpaired) electrons. The van der Waals surface area contributed by atoms with Crippen LogP contribution in [-0.2, 0) is 0 Å². The monoisotopic (exact) mass is 833 g/mol. The Bertz CT molecular complexity index is 3010. The van der Waals surface area contributed by atoms with E-state index < -0.39 is 0 Å². The van der Waals surface area contributed by atoms with Crippen LogP contribution in [0.2, 0.25) is 0 Å². The number of hydrogen-bond acceptors (Lipinski definition) is 5. The van der Waals surface area contributed by atoms with Gasteiger partial charge >= 0.3 is 0 Å². The number of rotatable bonds is 17. The molecule has 0 amide bonds. The number of ether oxygens (including phenoxy) is 2. The van der Waals surface area contributed by atoms with Crippen LogP contribution in [0.3, 0.4) is 0 Å². The quantitative estimate of drug-likeness (QED) is 0.0685. The van der Waals surface area contributed by atoms with Gasteiger partial charge in [0.25, 0.3) is 0 Å². The molecule has 0 spiro atoms. The minimum absolute atomic E-state index is 0.658. The van der Waals surface area contributed by atoms with Gasteiger partial charge in [-0.3, -0.25) is 15.0 Å². The lowest BCUT2D eigenvalue weighted by Gasteiger charge is -2.14. The highest BCUT2D eigenvalue weighted by molar-refractivity contribution is 5.84. The van der Waals surface area contributed by atoms with Gasteiger partial charge in [-0.2, -0.15) is 0 Å². The second-order valence-electron chi connectivity index (χ2n) is 16.3. The van der Waals surface area contributed by atoms with Crippen LogP contribution in [0, 0.1) is 0 Å². The van der Waals surface area contributed by atoms with Crippen molar-refractivity contribution in [2.45, 2.75) is 71.1 Å². The molecule has 0 saturated carbocycles. The number of aromatic nitrogens is 7. The molecule has 0 saturated heterocycles. The van der Waals surface area contributed by atoms with E-state index in [1.165, 1.54) is 57.8 Å². The highest BCUT2D eigenvalue weighted by Gasteiger charge is 2.19. The van der Waals surface area contributed by atoms with E-state index in [4.69, 9.17) is 9.47 Å². The Morgan fingerprint density at radius 2 is 0.825 bits per heavy atom. The fraction of sp³-hybridized carbons (Fsp3) is 0.241. The summed E-state index contributed by atoms with van der Waals surface area (Å²) in [5.41, 5.74) is 11.7. The largest absolute Gasteiger partial charge is 0.493 e. The van der Waals surface area contributed by atoms with Gasteiger partial charge in [-0.1, -0.05) is 89.0 Å². The topological polar surface area (TPSA) is 120 Å². The zero-order chi connectivity index (χ0) is 42.8. The summed E-state index contributed by atoms with van der Waals surface area (Å²) in [5.74, 6) is 1.44. The highest BCUT2D eigenvalue weighted by Crippen LogP contribution is 2.33. The molecule has 8 bridgehead atoms. The number of aromatic amines is 4. The third-order valence-corrected chi connectivity index (χ3v) is 12.0. The molecule has 8 aromatic rings. The predicted molar refractivity (Wildman–Crippen MR) is 251 cm³/mol. The van der Waals surface area contributed by atoms with Crippen LogP contribution in [0.5, 0.6) is 11.5 Å². The molecule has 9 heteroatoms. The van der Waals surface area contributed by atoms with Crippen LogP contribution in [0.1, 0.15) is 116 Å². The standard InChI is InChI=1S/C54H55N7O2/c1-3-4-5-6-7-8-9-10-11-12-32-63-49-28-19-37(33-50(49)62-2)51-41-20-22-43(58-41)52(38-16-13-29-55-34-38)45-24-26-47(60-45)54(40-18-15-31-57-36-40)48-27-25-46(61-48)53(39-17-14-30-56-35-39)44-23-21-42(51)59-44/h13-31,33-36,58-61H,3-12,32H2,1-2H3. The van der Waals surface area contributed by atoms with Crippen molar-refractivity contribution in [3.63, 3.8) is 0 Å². The number of fused-ring (bicyclic) bond motifs is 8. The van der Waals surface area contributed by atoms with Crippen molar-refractivity contribution in [3.05, 3.63) is 207 Å². The third kappa shape index (κ3) is 9.24. The minimum Gasteiger partial charge on any atom is -0.493 e. The van der Waals surface area contributed by atoms with E-state index in [-0.39, 0.29) is 0 Å². The zero-order valence-corrected chi connectivity index (χ0v) is 36.2. The maximum atomic E-state index is 6.37. The number of hydrogen-bond donors (Lipinski definition) is 4. The third-order valence-electron chi connectivity index (χ3n) is 12.0. The predicted octanol–water partition coefficient (Wildman–Crippen LogP) is 8.79. The number of nitrogens with zero attached hydrogens (tertiary/aromatic N) is 3. The van der Waals surface area contributed by atoms with Crippen LogP contribution in [-0.4, -0.2) is 48.6 Å². The van der Waals surface area contributed by atoms with Crippen molar-refractivity contribution < 1.29 is 9.47 Å². The highest BCUT2D eigenvalue weighted by atomic mass is 16.5. The number of unbranched alkanes of at least 4 members (excludes halogenated alkanes) is 9. The zero-order valence-electron chi connectivity index (χ0n) is 36.2. The number of methoxy groups -OCH3 is 1. The van der Waals surface area contributed by atoms with Crippen LogP contribution in [0.15, 0.2) is 140 Å². The molecule has 63 heavy (non-hydrogen) atoms. The SMILES string of the molecule is CCCCCCCCCCCCOc1ccc(C2=c3ccc([nH]3)=C(c3cccnc3)c3ccc([nH]3)C(c3cccnc3)=c3ccc([nH]3)=C(c3cccnc3)c3ccc2[nH]3)cc1OC. The first-order valence-corrected chi connectivity index (χ1v) is 22.5. The van der Waals surface area contributed by atoms with Gasteiger partial charge in [0.15, 0.2) is 11.5 Å². The van der Waals surface area contributed by atoms with Crippen molar-refractivity contribution in [2.24, 2.45) is 0 Å². The Labute approximate surface area is 368 Å². The summed E-state index contributed by atoms with van der Waals surface area (Å²) in [6.07, 6.45) is 24.0. The first kappa shape index (κ1) is 41.2. The maximum absolute atomic E-state index is 6.37. The lowest BCUT2D eigenvalue weighted by molar-refractivity contribution is 0.284. The Morgan fingerprint density at radius 1 is 0.413 bits per heavy atom. The Balaban J connectivity index is 1.16. The molecule has 9 rings (SSSR count). The second kappa shape index (κ2) is 19.7. The van der Waals surface area contributed by atoms with E-state index in [2.05, 4.69) is 121 Å². The molecular formula is C54H55N7O2. The van der Waals surface area contributed by atoms with Crippen LogP contribution >= 0.6 is 0 Å². The molecule has 7 aromatic heterocycles. The number of nitrogens with one attached hydrogen (secondary N) is 4. The molecule has 0 atom stereocenters. The molecular weight excluding hydrogens is 779 g/mol. The van der Waals surface area contributed by atoms with Gasteiger partial charge in [-0.05, 0) is 90.8 Å². The lowest BCUT2D eigenvalue weighted by Crippen LogP contribution is -2.19. The van der Waals surface area contributed by atoms with Gasteiger partial charge in [0.1, 0.15) is 0 Å². The van der Waals surface area contributed by atoms with Crippen molar-refractivity contribution in [1.82, 2.24) is 34.9 Å². The molecule has 1 aliphatic rings. The van der Waals surface area contributed by atoms with E-state index >= 15 is 0 Å². The number of benzene rings is 1. The maximum Gasteiger partial charge on any atom is 0.161 e. The molecule has 9 nitrogen and oxygen atoms in total. The summed E-state index contributed by atoms with van der Waals surface area (Å²) < 4.78 is 12.4. The lowest BCUT2D eigenvalue weighted by atomic mass is 10.0. The van der Waals surface area contributed by atoms with Crippen molar-refractivity contribution >= 4 is 22.3 Å². The van der Waals surface area contributed by atoms with Crippen molar-refractivity contribution in [3.8, 4) is 11.5 Å². The average molecular weight is 834 g/mol. The van der Waals surface area contributed by atoms with Crippen LogP contribution in [0.25, 0.3) is 22.3 Å². The van der Waals surface area contributed by atoms with E-state index in [9.17, 15) is 0 Å². The Kier molecular flexibility index (Phi) is 12.9. The summed E-state index contributed by atoms with van der Waals surface area (Å²) in [7, 11) is 1.71. The molecule has 318 valence electrons. The number of pyridine rings is 3. The van der Waals surface area contributed by atoms with Crippen LogP contribution in [0.4, 0.5) is 0 Å². The number of H-pyrrole nitrogens is 4. The van der Waals surface area contributed by atoms with Gasteiger partial charge in [0.05, 0.1) is 13.7 Å². The fourth-order valence-electron chi connectivity index (χ4n) is 8.82. The fourth-order valence-corrected chi connectivity index (χ4v) is 8.82. The first-order chi connectivity index (χ1) is 31.2. The summed E-state index contributed by atoms with van der Waals surface area (Å²) in [6.45, 7) is 2.93. The molecule has 8 heterocycles. The van der Waals surface area contributed by atoms with E-state index in [0.29, 0.717) is 12.4 Å². The molecule has 0 fully saturated rings. The van der Waals surface area contributed by atoms with E-state index in [1.54, 1.807) is 25.7 Å². The molecule has 0 aliphatic carbocycles. The van der Waals surface area contributed by atoms with Crippen molar-refractivity contribution in [2.75, 3.05) is 13.7 Å². The van der Waals surface area contributed by atoms with E-state index in [0.717, 1.165) is 101 Å². The second-order valence-corrected chi connectivity index (χ2v) is 16.3. The smallest absolute Gasteiger partial charge is 0.161 e. The summed E-state index contributed by atoms with van der Waals surface area (Å²) >= 11 is 0. The summed E-state index contributed by atoms with van der Waals surface area (Å²) in [6, 6.07) is 35.7. The molecule has 0 unspecified atom stereocenters. The Hall–Kier alpha value is -7.13. The minimum atomic E-state index is 0.658. The van der Waals surface area contributed by atoms with Crippen molar-refractivity contribution in [1.29, 1.82) is 0 Å². The van der Waals surface area contributed by atoms with Gasteiger partial charge in [-0.25, -0.2) is 0 Å². The summed E-state index contributed by atoms with van der Waals surface area (Å²) in [4.78, 5) is 28.9. The van der Waals surface area contributed by atoms with Gasteiger partial charge in [-0.15, -0.1) is 0 Å². The Morgan fingerprint density at radius 3 is 1.22 bits per heavy atom. The van der Waals surface area contributed by atoms with Gasteiger partial charge in [0, 0.05) is 120 Å². The summed E-state index contributed by atoms with van der Waals surface area (Å²) in [5, 5.41) is 3.78. The molecule has 1 aliphatic heterocycles. The van der Waals surface area contributed by atoms with E-state index in [1.807, 2.05) is 42.9 Å². The first-order valence-electron chi connectivity index (χ1n) is 22.5.